The van der Waals surface area contributed by atoms with E-state index in [2.05, 4.69) is 25.5 Å². The van der Waals surface area contributed by atoms with Gasteiger partial charge in [-0.1, -0.05) is 11.2 Å². The predicted molar refractivity (Wildman–Crippen MR) is 85.8 cm³/mol. The summed E-state index contributed by atoms with van der Waals surface area (Å²) in [5.74, 6) is -3.58. The number of hydrogen-bond acceptors (Lipinski definition) is 6. The number of alkyl halides is 3. The van der Waals surface area contributed by atoms with Gasteiger partial charge >= 0.3 is 12.1 Å². The maximum atomic E-state index is 14.3. The molecule has 1 heterocycles. The van der Waals surface area contributed by atoms with Crippen LogP contribution in [0.5, 0.6) is 0 Å². The first-order valence-corrected chi connectivity index (χ1v) is 8.02. The normalized spacial score (nSPS) is 14.0. The van der Waals surface area contributed by atoms with Gasteiger partial charge in [-0.3, -0.25) is 4.79 Å². The molecule has 2 atom stereocenters. The molecule has 2 rings (SSSR count). The lowest BCUT2D eigenvalue weighted by atomic mass is 10.1. The highest BCUT2D eigenvalue weighted by molar-refractivity contribution is 5.95. The van der Waals surface area contributed by atoms with E-state index >= 15 is 0 Å². The molecule has 0 saturated carbocycles. The average molecular weight is 390 g/mol. The minimum Gasteiger partial charge on any atom is -0.348 e. The average Bonchev–Trinajstić information content (AvgIpc) is 3.09. The molecule has 2 unspecified atom stereocenters. The molecule has 2 N–H and O–H groups in total. The topological polar surface area (TPSA) is 89.3 Å². The molecular weight excluding hydrogens is 372 g/mol. The van der Waals surface area contributed by atoms with Gasteiger partial charge in [0.1, 0.15) is 5.82 Å². The van der Waals surface area contributed by atoms with Crippen LogP contribution < -0.4 is 10.8 Å². The molecule has 1 aromatic heterocycles. The van der Waals surface area contributed by atoms with Crippen LogP contribution in [0.25, 0.3) is 11.4 Å². The number of carbonyl (C=O) groups excluding carboxylic acids is 1. The SMILES string of the molecule is CCONC(C)C(C)NC(=O)c1ccc(-c2noc(C(F)(F)F)n2)cc1F. The zero-order chi connectivity index (χ0) is 20.2. The molecule has 0 saturated heterocycles. The van der Waals surface area contributed by atoms with Crippen molar-refractivity contribution in [2.45, 2.75) is 39.0 Å². The van der Waals surface area contributed by atoms with Gasteiger partial charge in [-0.2, -0.15) is 23.6 Å². The van der Waals surface area contributed by atoms with Gasteiger partial charge in [0, 0.05) is 17.6 Å². The van der Waals surface area contributed by atoms with E-state index in [0.717, 1.165) is 12.1 Å². The highest BCUT2D eigenvalue weighted by Gasteiger charge is 2.38. The Bertz CT molecular complexity index is 794. The van der Waals surface area contributed by atoms with Crippen molar-refractivity contribution in [1.29, 1.82) is 0 Å². The number of amides is 1. The highest BCUT2D eigenvalue weighted by atomic mass is 19.4. The number of nitrogens with one attached hydrogen (secondary N) is 2. The van der Waals surface area contributed by atoms with Crippen molar-refractivity contribution in [3.63, 3.8) is 0 Å². The van der Waals surface area contributed by atoms with Crippen LogP contribution in [0.15, 0.2) is 22.7 Å². The lowest BCUT2D eigenvalue weighted by Gasteiger charge is -2.22. The fourth-order valence-electron chi connectivity index (χ4n) is 2.02. The molecule has 0 radical (unpaired) electrons. The Morgan fingerprint density at radius 2 is 2.00 bits per heavy atom. The summed E-state index contributed by atoms with van der Waals surface area (Å²) >= 11 is 0. The van der Waals surface area contributed by atoms with Crippen molar-refractivity contribution >= 4 is 5.91 Å². The maximum absolute atomic E-state index is 14.3. The van der Waals surface area contributed by atoms with Crippen LogP contribution in [0.3, 0.4) is 0 Å². The molecule has 1 aromatic carbocycles. The summed E-state index contributed by atoms with van der Waals surface area (Å²) in [7, 11) is 0. The summed E-state index contributed by atoms with van der Waals surface area (Å²) < 4.78 is 55.9. The standard InChI is InChI=1S/C16H18F4N4O3/c1-4-26-23-9(3)8(2)21-14(25)11-6-5-10(7-12(11)17)13-22-15(27-24-13)16(18,19)20/h5-9,23H,4H2,1-3H3,(H,21,25). The fraction of sp³-hybridized carbons (Fsp3) is 0.438. The van der Waals surface area contributed by atoms with Crippen molar-refractivity contribution in [2.24, 2.45) is 0 Å². The van der Waals surface area contributed by atoms with Crippen molar-refractivity contribution in [1.82, 2.24) is 20.9 Å². The van der Waals surface area contributed by atoms with Crippen molar-refractivity contribution in [2.75, 3.05) is 6.61 Å². The number of benzene rings is 1. The van der Waals surface area contributed by atoms with Gasteiger partial charge in [-0.15, -0.1) is 0 Å². The number of nitrogens with zero attached hydrogens (tertiary/aromatic N) is 2. The van der Waals surface area contributed by atoms with Crippen LogP contribution in [-0.4, -0.2) is 34.7 Å². The molecule has 148 valence electrons. The Labute approximate surface area is 152 Å². The largest absolute Gasteiger partial charge is 0.471 e. The van der Waals surface area contributed by atoms with Crippen LogP contribution in [0.2, 0.25) is 0 Å². The lowest BCUT2D eigenvalue weighted by molar-refractivity contribution is -0.159. The van der Waals surface area contributed by atoms with Gasteiger partial charge in [0.15, 0.2) is 0 Å². The number of carbonyl (C=O) groups is 1. The first-order chi connectivity index (χ1) is 12.6. The summed E-state index contributed by atoms with van der Waals surface area (Å²) in [6.07, 6.45) is -4.80. The Kier molecular flexibility index (Phi) is 6.50. The van der Waals surface area contributed by atoms with Crippen LogP contribution in [0.1, 0.15) is 37.0 Å². The maximum Gasteiger partial charge on any atom is 0.471 e. The van der Waals surface area contributed by atoms with Gasteiger partial charge in [0.2, 0.25) is 5.82 Å². The molecule has 7 nitrogen and oxygen atoms in total. The quantitative estimate of drug-likeness (QED) is 0.558. The van der Waals surface area contributed by atoms with Crippen LogP contribution in [-0.2, 0) is 11.0 Å². The van der Waals surface area contributed by atoms with Crippen molar-refractivity contribution in [3.8, 4) is 11.4 Å². The van der Waals surface area contributed by atoms with Crippen LogP contribution >= 0.6 is 0 Å². The van der Waals surface area contributed by atoms with E-state index in [0.29, 0.717) is 6.61 Å². The van der Waals surface area contributed by atoms with Gasteiger partial charge in [-0.05, 0) is 32.9 Å². The lowest BCUT2D eigenvalue weighted by Crippen LogP contribution is -2.46. The van der Waals surface area contributed by atoms with E-state index in [-0.39, 0.29) is 23.2 Å². The predicted octanol–water partition coefficient (Wildman–Crippen LogP) is 2.94. The molecule has 0 aliphatic rings. The number of aromatic nitrogens is 2. The third-order valence-corrected chi connectivity index (χ3v) is 3.66. The monoisotopic (exact) mass is 390 g/mol. The molecule has 0 aliphatic carbocycles. The molecule has 0 bridgehead atoms. The summed E-state index contributed by atoms with van der Waals surface area (Å²) in [5, 5.41) is 5.78. The third-order valence-electron chi connectivity index (χ3n) is 3.66. The van der Waals surface area contributed by atoms with E-state index in [1.165, 1.54) is 6.07 Å². The molecule has 11 heteroatoms. The summed E-state index contributed by atoms with van der Waals surface area (Å²) in [4.78, 5) is 20.4. The Hall–Kier alpha value is -2.53. The van der Waals surface area contributed by atoms with E-state index in [9.17, 15) is 22.4 Å². The summed E-state index contributed by atoms with van der Waals surface area (Å²) in [6.45, 7) is 5.71. The fourth-order valence-corrected chi connectivity index (χ4v) is 2.02. The van der Waals surface area contributed by atoms with E-state index in [4.69, 9.17) is 4.84 Å². The van der Waals surface area contributed by atoms with Gasteiger partial charge in [0.05, 0.1) is 12.2 Å². The summed E-state index contributed by atoms with van der Waals surface area (Å²) in [5.41, 5.74) is 2.40. The Balaban J connectivity index is 2.12. The van der Waals surface area contributed by atoms with Gasteiger partial charge in [-0.25, -0.2) is 4.39 Å². The van der Waals surface area contributed by atoms with Crippen LogP contribution in [0, 0.1) is 5.82 Å². The second-order valence-corrected chi connectivity index (χ2v) is 5.72. The number of halogens is 4. The van der Waals surface area contributed by atoms with Crippen LogP contribution in [0.4, 0.5) is 17.6 Å². The minimum atomic E-state index is -4.80. The Morgan fingerprint density at radius 1 is 1.30 bits per heavy atom. The second kappa shape index (κ2) is 8.44. The Morgan fingerprint density at radius 3 is 2.56 bits per heavy atom. The highest BCUT2D eigenvalue weighted by Crippen LogP contribution is 2.29. The third kappa shape index (κ3) is 5.23. The van der Waals surface area contributed by atoms with Crippen molar-refractivity contribution < 1.29 is 31.7 Å². The number of hydrogen-bond donors (Lipinski definition) is 2. The number of rotatable bonds is 7. The first kappa shape index (κ1) is 20.8. The van der Waals surface area contributed by atoms with Gasteiger partial charge < -0.3 is 14.7 Å². The van der Waals surface area contributed by atoms with E-state index in [1.54, 1.807) is 20.8 Å². The molecule has 0 fully saturated rings. The molecule has 0 spiro atoms. The molecule has 0 aliphatic heterocycles. The molecule has 2 aromatic rings. The molecular formula is C16H18F4N4O3. The molecule has 1 amide bonds. The smallest absolute Gasteiger partial charge is 0.348 e. The van der Waals surface area contributed by atoms with E-state index in [1.807, 2.05) is 0 Å². The molecule has 27 heavy (non-hydrogen) atoms. The first-order valence-electron chi connectivity index (χ1n) is 8.02. The second-order valence-electron chi connectivity index (χ2n) is 5.72. The van der Waals surface area contributed by atoms with Gasteiger partial charge in [0.25, 0.3) is 5.91 Å². The zero-order valence-electron chi connectivity index (χ0n) is 14.7. The summed E-state index contributed by atoms with van der Waals surface area (Å²) in [6, 6.07) is 2.62. The van der Waals surface area contributed by atoms with E-state index < -0.39 is 29.6 Å². The zero-order valence-corrected chi connectivity index (χ0v) is 14.7. The van der Waals surface area contributed by atoms with Crippen molar-refractivity contribution in [3.05, 3.63) is 35.5 Å². The number of hydroxylamine groups is 1. The minimum absolute atomic E-state index is 0.0530.